The lowest BCUT2D eigenvalue weighted by Crippen LogP contribution is -1.91. The molecule has 3 aromatic carbocycles. The van der Waals surface area contributed by atoms with Gasteiger partial charge >= 0.3 is 0 Å². The molecule has 21 heavy (non-hydrogen) atoms. The minimum Gasteiger partial charge on any atom is -0.507 e. The van der Waals surface area contributed by atoms with Crippen LogP contribution in [0.4, 0.5) is 0 Å². The average Bonchev–Trinajstić information content (AvgIpc) is 2.53. The quantitative estimate of drug-likeness (QED) is 0.689. The molecule has 0 fully saturated rings. The van der Waals surface area contributed by atoms with Crippen molar-refractivity contribution in [3.8, 4) is 5.75 Å². The number of phenolic OH excluding ortho intramolecular Hbond substituents is 1. The van der Waals surface area contributed by atoms with Crippen LogP contribution in [-0.4, -0.2) is 11.3 Å². The van der Waals surface area contributed by atoms with Gasteiger partial charge in [0.25, 0.3) is 0 Å². The Morgan fingerprint density at radius 3 is 2.24 bits per heavy atom. The molecule has 3 aromatic rings. The summed E-state index contributed by atoms with van der Waals surface area (Å²) in [5.41, 5.74) is 1.91. The van der Waals surface area contributed by atoms with Crippen LogP contribution in [0.3, 0.4) is 0 Å². The third-order valence-corrected chi connectivity index (χ3v) is 3.61. The Kier molecular flexibility index (Phi) is 3.69. The van der Waals surface area contributed by atoms with Crippen molar-refractivity contribution < 1.29 is 5.11 Å². The van der Waals surface area contributed by atoms with Crippen molar-refractivity contribution in [2.45, 2.75) is 13.0 Å². The molecule has 1 N–H and O–H groups in total. The first kappa shape index (κ1) is 13.4. The van der Waals surface area contributed by atoms with E-state index < -0.39 is 0 Å². The highest BCUT2D eigenvalue weighted by atomic mass is 16.3. The number of fused-ring (bicyclic) bond motifs is 1. The van der Waals surface area contributed by atoms with Gasteiger partial charge < -0.3 is 5.11 Å². The highest BCUT2D eigenvalue weighted by Gasteiger charge is 2.04. The summed E-state index contributed by atoms with van der Waals surface area (Å²) in [6, 6.07) is 21.9. The van der Waals surface area contributed by atoms with E-state index in [2.05, 4.69) is 17.1 Å². The van der Waals surface area contributed by atoms with E-state index >= 15 is 0 Å². The summed E-state index contributed by atoms with van der Waals surface area (Å²) in [6.45, 7) is 2.05. The third-order valence-electron chi connectivity index (χ3n) is 3.61. The summed E-state index contributed by atoms with van der Waals surface area (Å²) in [5, 5.41) is 12.2. The van der Waals surface area contributed by atoms with Gasteiger partial charge in [-0.3, -0.25) is 4.99 Å². The molecule has 2 nitrogen and oxygen atoms in total. The van der Waals surface area contributed by atoms with E-state index in [0.717, 1.165) is 21.9 Å². The Morgan fingerprint density at radius 1 is 0.905 bits per heavy atom. The molecule has 0 radical (unpaired) electrons. The zero-order valence-electron chi connectivity index (χ0n) is 11.9. The van der Waals surface area contributed by atoms with Gasteiger partial charge in [0.1, 0.15) is 5.75 Å². The monoisotopic (exact) mass is 275 g/mol. The fraction of sp³-hybridized carbons (Fsp3) is 0.105. The van der Waals surface area contributed by atoms with Crippen LogP contribution < -0.4 is 0 Å². The van der Waals surface area contributed by atoms with Gasteiger partial charge in [-0.1, -0.05) is 54.6 Å². The molecule has 0 bridgehead atoms. The summed E-state index contributed by atoms with van der Waals surface area (Å²) in [7, 11) is 0. The molecule has 0 spiro atoms. The maximum atomic E-state index is 10.1. The van der Waals surface area contributed by atoms with E-state index in [1.165, 1.54) is 0 Å². The summed E-state index contributed by atoms with van der Waals surface area (Å²) >= 11 is 0. The van der Waals surface area contributed by atoms with Crippen LogP contribution in [0.15, 0.2) is 71.7 Å². The van der Waals surface area contributed by atoms with Gasteiger partial charge in [-0.05, 0) is 35.4 Å². The molecule has 2 heteroatoms. The largest absolute Gasteiger partial charge is 0.507 e. The van der Waals surface area contributed by atoms with Gasteiger partial charge in [0, 0.05) is 11.8 Å². The number of hydrogen-bond acceptors (Lipinski definition) is 2. The molecular formula is C19H17NO. The second-order valence-electron chi connectivity index (χ2n) is 5.12. The average molecular weight is 275 g/mol. The molecule has 0 unspecified atom stereocenters. The molecular weight excluding hydrogens is 258 g/mol. The van der Waals surface area contributed by atoms with Crippen LogP contribution in [0.2, 0.25) is 0 Å². The van der Waals surface area contributed by atoms with Crippen molar-refractivity contribution in [3.63, 3.8) is 0 Å². The summed E-state index contributed by atoms with van der Waals surface area (Å²) < 4.78 is 0. The van der Waals surface area contributed by atoms with Gasteiger partial charge in [0.2, 0.25) is 0 Å². The number of hydrogen-bond donors (Lipinski definition) is 1. The Labute approximate surface area is 124 Å². The van der Waals surface area contributed by atoms with Gasteiger partial charge in [0.05, 0.1) is 6.04 Å². The Bertz CT molecular complexity index is 778. The molecule has 0 aliphatic carbocycles. The first-order chi connectivity index (χ1) is 10.2. The zero-order valence-corrected chi connectivity index (χ0v) is 11.9. The SMILES string of the molecule is C[C@H](N=Cc1cc2ccccc2cc1O)c1ccccc1. The maximum Gasteiger partial charge on any atom is 0.124 e. The highest BCUT2D eigenvalue weighted by Crippen LogP contribution is 2.24. The normalized spacial score (nSPS) is 12.8. The second-order valence-corrected chi connectivity index (χ2v) is 5.12. The topological polar surface area (TPSA) is 32.6 Å². The van der Waals surface area contributed by atoms with Crippen LogP contribution in [0, 0.1) is 0 Å². The van der Waals surface area contributed by atoms with Crippen LogP contribution >= 0.6 is 0 Å². The molecule has 0 amide bonds. The van der Waals surface area contributed by atoms with E-state index in [4.69, 9.17) is 0 Å². The third kappa shape index (κ3) is 2.95. The minimum atomic E-state index is 0.0667. The van der Waals surface area contributed by atoms with E-state index in [9.17, 15) is 5.11 Å². The van der Waals surface area contributed by atoms with Crippen molar-refractivity contribution in [3.05, 3.63) is 77.9 Å². The lowest BCUT2D eigenvalue weighted by Gasteiger charge is -2.07. The molecule has 0 aliphatic rings. The number of aromatic hydroxyl groups is 1. The summed E-state index contributed by atoms with van der Waals surface area (Å²) in [5.74, 6) is 0.262. The van der Waals surface area contributed by atoms with Crippen LogP contribution in [-0.2, 0) is 0 Å². The molecule has 0 heterocycles. The molecule has 0 saturated carbocycles. The van der Waals surface area contributed by atoms with Gasteiger partial charge in [-0.25, -0.2) is 0 Å². The Balaban J connectivity index is 1.90. The number of benzene rings is 3. The number of phenols is 1. The second kappa shape index (κ2) is 5.80. The zero-order chi connectivity index (χ0) is 14.7. The predicted octanol–water partition coefficient (Wildman–Crippen LogP) is 4.73. The van der Waals surface area contributed by atoms with E-state index in [0.29, 0.717) is 0 Å². The van der Waals surface area contributed by atoms with Crippen LogP contribution in [0.5, 0.6) is 5.75 Å². The smallest absolute Gasteiger partial charge is 0.124 e. The fourth-order valence-corrected chi connectivity index (χ4v) is 2.36. The first-order valence-electron chi connectivity index (χ1n) is 7.04. The van der Waals surface area contributed by atoms with Gasteiger partial charge in [-0.15, -0.1) is 0 Å². The van der Waals surface area contributed by atoms with Gasteiger partial charge in [-0.2, -0.15) is 0 Å². The van der Waals surface area contributed by atoms with Crippen molar-refractivity contribution in [1.82, 2.24) is 0 Å². The standard InChI is InChI=1S/C19H17NO/c1-14(15-7-3-2-4-8-15)20-13-18-11-16-9-5-6-10-17(16)12-19(18)21/h2-14,21H,1H3/t14-/m0/s1. The van der Waals surface area contributed by atoms with Crippen LogP contribution in [0.25, 0.3) is 10.8 Å². The molecule has 1 atom stereocenters. The molecule has 0 saturated heterocycles. The van der Waals surface area contributed by atoms with Crippen molar-refractivity contribution >= 4 is 17.0 Å². The number of aliphatic imine (C=N–C) groups is 1. The van der Waals surface area contributed by atoms with Crippen molar-refractivity contribution in [2.24, 2.45) is 4.99 Å². The van der Waals surface area contributed by atoms with E-state index in [-0.39, 0.29) is 11.8 Å². The van der Waals surface area contributed by atoms with Crippen LogP contribution in [0.1, 0.15) is 24.1 Å². The number of rotatable bonds is 3. The summed E-state index contributed by atoms with van der Waals surface area (Å²) in [4.78, 5) is 4.55. The Morgan fingerprint density at radius 2 is 1.52 bits per heavy atom. The summed E-state index contributed by atoms with van der Waals surface area (Å²) in [6.07, 6.45) is 1.75. The van der Waals surface area contributed by atoms with Crippen molar-refractivity contribution in [1.29, 1.82) is 0 Å². The first-order valence-corrected chi connectivity index (χ1v) is 7.04. The molecule has 3 rings (SSSR count). The molecule has 0 aliphatic heterocycles. The lowest BCUT2D eigenvalue weighted by molar-refractivity contribution is 0.475. The number of nitrogens with zero attached hydrogens (tertiary/aromatic N) is 1. The molecule has 0 aromatic heterocycles. The highest BCUT2D eigenvalue weighted by molar-refractivity contribution is 5.93. The van der Waals surface area contributed by atoms with Gasteiger partial charge in [0.15, 0.2) is 0 Å². The van der Waals surface area contributed by atoms with Crippen molar-refractivity contribution in [2.75, 3.05) is 0 Å². The maximum absolute atomic E-state index is 10.1. The predicted molar refractivity (Wildman–Crippen MR) is 88.1 cm³/mol. The fourth-order valence-electron chi connectivity index (χ4n) is 2.36. The minimum absolute atomic E-state index is 0.0667. The van der Waals surface area contributed by atoms with E-state index in [1.807, 2.05) is 55.5 Å². The van der Waals surface area contributed by atoms with E-state index in [1.54, 1.807) is 12.3 Å². The lowest BCUT2D eigenvalue weighted by atomic mass is 10.1. The molecule has 104 valence electrons. The Hall–Kier alpha value is -2.61.